The zero-order valence-electron chi connectivity index (χ0n) is 10.9. The van der Waals surface area contributed by atoms with Crippen LogP contribution in [0.4, 0.5) is 5.69 Å². The maximum absolute atomic E-state index is 8.80. The van der Waals surface area contributed by atoms with Crippen molar-refractivity contribution in [1.82, 2.24) is 15.2 Å². The van der Waals surface area contributed by atoms with Crippen molar-refractivity contribution in [3.8, 4) is 6.07 Å². The lowest BCUT2D eigenvalue weighted by atomic mass is 10.3. The van der Waals surface area contributed by atoms with Crippen molar-refractivity contribution >= 4 is 28.8 Å². The quantitative estimate of drug-likeness (QED) is 0.754. The van der Waals surface area contributed by atoms with Crippen LogP contribution in [0.1, 0.15) is 9.75 Å². The van der Waals surface area contributed by atoms with E-state index in [9.17, 15) is 0 Å². The SMILES string of the molecule is N#Cc1ccc(CNc2ccc(Sc3ncn[nH]3)cc2)s1. The van der Waals surface area contributed by atoms with Gasteiger partial charge < -0.3 is 5.32 Å². The molecular weight excluding hydrogens is 302 g/mol. The first-order valence-corrected chi connectivity index (χ1v) is 7.83. The predicted octanol–water partition coefficient (Wildman–Crippen LogP) is 3.50. The van der Waals surface area contributed by atoms with Gasteiger partial charge in [-0.2, -0.15) is 10.4 Å². The first-order chi connectivity index (χ1) is 10.3. The first-order valence-electron chi connectivity index (χ1n) is 6.19. The Hall–Kier alpha value is -2.30. The molecule has 7 heteroatoms. The Morgan fingerprint density at radius 2 is 2.10 bits per heavy atom. The average Bonchev–Trinajstić information content (AvgIpc) is 3.18. The summed E-state index contributed by atoms with van der Waals surface area (Å²) < 4.78 is 0. The molecule has 5 nitrogen and oxygen atoms in total. The number of aromatic nitrogens is 3. The van der Waals surface area contributed by atoms with Crippen LogP contribution in [0.5, 0.6) is 0 Å². The number of hydrogen-bond donors (Lipinski definition) is 2. The normalized spacial score (nSPS) is 10.2. The minimum Gasteiger partial charge on any atom is -0.380 e. The number of aromatic amines is 1. The van der Waals surface area contributed by atoms with E-state index in [1.54, 1.807) is 0 Å². The zero-order valence-corrected chi connectivity index (χ0v) is 12.5. The summed E-state index contributed by atoms with van der Waals surface area (Å²) in [5, 5.41) is 19.5. The van der Waals surface area contributed by atoms with Gasteiger partial charge in [0.05, 0.1) is 0 Å². The van der Waals surface area contributed by atoms with Crippen molar-refractivity contribution in [3.63, 3.8) is 0 Å². The largest absolute Gasteiger partial charge is 0.380 e. The molecule has 0 aliphatic heterocycles. The van der Waals surface area contributed by atoms with Gasteiger partial charge in [-0.05, 0) is 36.4 Å². The lowest BCUT2D eigenvalue weighted by Gasteiger charge is -2.05. The van der Waals surface area contributed by atoms with Gasteiger partial charge in [-0.1, -0.05) is 11.8 Å². The zero-order chi connectivity index (χ0) is 14.5. The van der Waals surface area contributed by atoms with Gasteiger partial charge in [0.25, 0.3) is 0 Å². The van der Waals surface area contributed by atoms with Crippen LogP contribution >= 0.6 is 23.1 Å². The maximum Gasteiger partial charge on any atom is 0.188 e. The lowest BCUT2D eigenvalue weighted by Crippen LogP contribution is -1.96. The standard InChI is InChI=1S/C14H11N5S2/c15-7-12-5-6-13(20-12)8-16-10-1-3-11(4-2-10)21-14-17-9-18-19-14/h1-6,9,16H,8H2,(H,17,18,19). The van der Waals surface area contributed by atoms with Gasteiger partial charge in [-0.25, -0.2) is 4.98 Å². The number of nitriles is 1. The molecule has 3 aromatic rings. The van der Waals surface area contributed by atoms with E-state index >= 15 is 0 Å². The second kappa shape index (κ2) is 6.43. The molecule has 0 bridgehead atoms. The number of thiophene rings is 1. The number of hydrogen-bond acceptors (Lipinski definition) is 6. The van der Waals surface area contributed by atoms with E-state index in [2.05, 4.69) is 26.6 Å². The molecule has 0 radical (unpaired) electrons. The number of benzene rings is 1. The van der Waals surface area contributed by atoms with Crippen molar-refractivity contribution in [2.75, 3.05) is 5.32 Å². The molecule has 2 N–H and O–H groups in total. The van der Waals surface area contributed by atoms with Gasteiger partial charge in [0, 0.05) is 22.0 Å². The van der Waals surface area contributed by atoms with E-state index in [1.165, 1.54) is 29.4 Å². The third-order valence-electron chi connectivity index (χ3n) is 2.70. The summed E-state index contributed by atoms with van der Waals surface area (Å²) in [5.74, 6) is 0. The Balaban J connectivity index is 1.58. The fourth-order valence-corrected chi connectivity index (χ4v) is 3.16. The fourth-order valence-electron chi connectivity index (χ4n) is 1.72. The van der Waals surface area contributed by atoms with Gasteiger partial charge in [0.1, 0.15) is 17.3 Å². The van der Waals surface area contributed by atoms with Crippen LogP contribution in [0.2, 0.25) is 0 Å². The molecule has 0 atom stereocenters. The van der Waals surface area contributed by atoms with Crippen LogP contribution < -0.4 is 5.32 Å². The molecule has 104 valence electrons. The summed E-state index contributed by atoms with van der Waals surface area (Å²) in [6, 6.07) is 14.1. The average molecular weight is 313 g/mol. The van der Waals surface area contributed by atoms with Crippen LogP contribution in [0.25, 0.3) is 0 Å². The van der Waals surface area contributed by atoms with Crippen molar-refractivity contribution in [2.45, 2.75) is 16.6 Å². The number of rotatable bonds is 5. The summed E-state index contributed by atoms with van der Waals surface area (Å²) in [5.41, 5.74) is 1.05. The smallest absolute Gasteiger partial charge is 0.188 e. The summed E-state index contributed by atoms with van der Waals surface area (Å²) in [4.78, 5) is 7.06. The van der Waals surface area contributed by atoms with E-state index in [4.69, 9.17) is 5.26 Å². The highest BCUT2D eigenvalue weighted by atomic mass is 32.2. The predicted molar refractivity (Wildman–Crippen MR) is 83.3 cm³/mol. The van der Waals surface area contributed by atoms with Crippen molar-refractivity contribution in [1.29, 1.82) is 5.26 Å². The molecule has 21 heavy (non-hydrogen) atoms. The Bertz CT molecular complexity index is 741. The highest BCUT2D eigenvalue weighted by Crippen LogP contribution is 2.25. The van der Waals surface area contributed by atoms with Gasteiger partial charge in [0.2, 0.25) is 0 Å². The minimum atomic E-state index is 0.723. The molecule has 2 aromatic heterocycles. The number of anilines is 1. The number of nitrogens with one attached hydrogen (secondary N) is 2. The Morgan fingerprint density at radius 1 is 1.24 bits per heavy atom. The molecule has 1 aromatic carbocycles. The maximum atomic E-state index is 8.80. The van der Waals surface area contributed by atoms with E-state index in [0.717, 1.165) is 32.0 Å². The molecule has 2 heterocycles. The molecular formula is C14H11N5S2. The van der Waals surface area contributed by atoms with Gasteiger partial charge >= 0.3 is 0 Å². The third-order valence-corrected chi connectivity index (χ3v) is 4.59. The number of nitrogens with zero attached hydrogens (tertiary/aromatic N) is 3. The molecule has 0 saturated heterocycles. The third kappa shape index (κ3) is 3.62. The fraction of sp³-hybridized carbons (Fsp3) is 0.0714. The van der Waals surface area contributed by atoms with Gasteiger partial charge in [-0.15, -0.1) is 11.3 Å². The van der Waals surface area contributed by atoms with Crippen LogP contribution in [0, 0.1) is 11.3 Å². The molecule has 0 unspecified atom stereocenters. The molecule has 0 saturated carbocycles. The second-order valence-corrected chi connectivity index (χ2v) is 6.38. The topological polar surface area (TPSA) is 77.4 Å². The number of H-pyrrole nitrogens is 1. The van der Waals surface area contributed by atoms with Crippen LogP contribution in [0.15, 0.2) is 52.8 Å². The van der Waals surface area contributed by atoms with Gasteiger partial charge in [-0.3, -0.25) is 5.10 Å². The molecule has 0 amide bonds. The summed E-state index contributed by atoms with van der Waals surface area (Å²) in [6.45, 7) is 0.723. The Kier molecular flexibility index (Phi) is 4.19. The lowest BCUT2D eigenvalue weighted by molar-refractivity contribution is 0.973. The monoisotopic (exact) mass is 313 g/mol. The second-order valence-electron chi connectivity index (χ2n) is 4.15. The summed E-state index contributed by atoms with van der Waals surface area (Å²) in [7, 11) is 0. The Morgan fingerprint density at radius 3 is 2.76 bits per heavy atom. The molecule has 0 fully saturated rings. The van der Waals surface area contributed by atoms with E-state index in [-0.39, 0.29) is 0 Å². The van der Waals surface area contributed by atoms with Crippen LogP contribution in [-0.4, -0.2) is 15.2 Å². The minimum absolute atomic E-state index is 0.723. The molecule has 3 rings (SSSR count). The van der Waals surface area contributed by atoms with Gasteiger partial charge in [0.15, 0.2) is 5.16 Å². The highest BCUT2D eigenvalue weighted by molar-refractivity contribution is 7.99. The molecule has 0 spiro atoms. The highest BCUT2D eigenvalue weighted by Gasteiger charge is 2.01. The van der Waals surface area contributed by atoms with Crippen LogP contribution in [-0.2, 0) is 6.54 Å². The van der Waals surface area contributed by atoms with Crippen molar-refractivity contribution in [2.24, 2.45) is 0 Å². The summed E-state index contributed by atoms with van der Waals surface area (Å²) in [6.07, 6.45) is 1.49. The molecule has 0 aliphatic rings. The van der Waals surface area contributed by atoms with Crippen molar-refractivity contribution < 1.29 is 0 Å². The van der Waals surface area contributed by atoms with E-state index in [1.807, 2.05) is 36.4 Å². The molecule has 0 aliphatic carbocycles. The first kappa shape index (κ1) is 13.7. The Labute approximate surface area is 130 Å². The van der Waals surface area contributed by atoms with Crippen molar-refractivity contribution in [3.05, 3.63) is 52.5 Å². The van der Waals surface area contributed by atoms with E-state index < -0.39 is 0 Å². The summed E-state index contributed by atoms with van der Waals surface area (Å²) >= 11 is 3.04. The van der Waals surface area contributed by atoms with E-state index in [0.29, 0.717) is 0 Å². The van der Waals surface area contributed by atoms with Crippen LogP contribution in [0.3, 0.4) is 0 Å².